The summed E-state index contributed by atoms with van der Waals surface area (Å²) in [6.07, 6.45) is 11.2. The number of hydrogen-bond donors (Lipinski definition) is 4. The molecule has 2 aliphatic carbocycles. The topological polar surface area (TPSA) is 121 Å². The highest BCUT2D eigenvalue weighted by Gasteiger charge is 2.31. The molecule has 0 bridgehead atoms. The van der Waals surface area contributed by atoms with Gasteiger partial charge in [-0.25, -0.2) is 0 Å². The molecule has 1 amide bonds. The average Bonchev–Trinajstić information content (AvgIpc) is 3.02. The maximum Gasteiger partial charge on any atom is 0.314 e. The molecule has 42 heavy (non-hydrogen) atoms. The third-order valence-corrected chi connectivity index (χ3v) is 8.81. The van der Waals surface area contributed by atoms with Crippen LogP contribution in [0.25, 0.3) is 0 Å². The molecule has 2 aromatic carbocycles. The molecule has 0 heterocycles. The van der Waals surface area contributed by atoms with E-state index in [0.717, 1.165) is 17.3 Å². The number of amides is 1. The summed E-state index contributed by atoms with van der Waals surface area (Å²) in [7, 11) is 0. The summed E-state index contributed by atoms with van der Waals surface area (Å²) >= 11 is 0. The molecule has 4 rings (SSSR count). The molecule has 2 aliphatic rings. The van der Waals surface area contributed by atoms with Crippen LogP contribution in [0.5, 0.6) is 5.75 Å². The zero-order valence-corrected chi connectivity index (χ0v) is 24.9. The van der Waals surface area contributed by atoms with Crippen molar-refractivity contribution in [2.75, 3.05) is 37.0 Å². The molecule has 0 radical (unpaired) electrons. The van der Waals surface area contributed by atoms with E-state index in [1.165, 1.54) is 50.3 Å². The Morgan fingerprint density at radius 1 is 0.929 bits per heavy atom. The number of nitrogens with one attached hydrogen (secondary N) is 3. The van der Waals surface area contributed by atoms with Crippen molar-refractivity contribution in [2.24, 2.45) is 17.8 Å². The van der Waals surface area contributed by atoms with Gasteiger partial charge in [0.25, 0.3) is 0 Å². The molecule has 0 aromatic heterocycles. The number of anilines is 2. The second-order valence-electron chi connectivity index (χ2n) is 11.7. The molecule has 0 spiro atoms. The van der Waals surface area contributed by atoms with Crippen LogP contribution in [0.1, 0.15) is 88.2 Å². The number of carbonyl (C=O) groups excluding carboxylic acids is 2. The van der Waals surface area contributed by atoms with Gasteiger partial charge in [0.1, 0.15) is 5.75 Å². The first-order valence-electron chi connectivity index (χ1n) is 15.7. The summed E-state index contributed by atoms with van der Waals surface area (Å²) in [4.78, 5) is 25.9. The minimum Gasteiger partial charge on any atom is -0.426 e. The van der Waals surface area contributed by atoms with E-state index in [4.69, 9.17) is 20.0 Å². The number of hydrogen-bond acceptors (Lipinski definition) is 7. The number of aliphatic hydroxyl groups is 1. The molecule has 228 valence electrons. The molecular formula is C34H47N3O5. The summed E-state index contributed by atoms with van der Waals surface area (Å²) in [6.45, 7) is 3.74. The Hall–Kier alpha value is -3.23. The normalized spacial score (nSPS) is 22.2. The summed E-state index contributed by atoms with van der Waals surface area (Å²) in [5.74, 6) is 1.14. The van der Waals surface area contributed by atoms with Gasteiger partial charge in [0.2, 0.25) is 5.91 Å². The van der Waals surface area contributed by atoms with E-state index in [-0.39, 0.29) is 30.3 Å². The van der Waals surface area contributed by atoms with E-state index >= 15 is 0 Å². The van der Waals surface area contributed by atoms with Gasteiger partial charge in [0.15, 0.2) is 0 Å². The SMILES string of the molecule is CCCC1CCC(c2ccc(OC(=O)C3CCC(C(=O)Nc4ccc(NCCOCCO)cc4)CC3)c(C=N)c2)CC1. The van der Waals surface area contributed by atoms with Crippen LogP contribution in [0, 0.1) is 23.2 Å². The van der Waals surface area contributed by atoms with Crippen molar-refractivity contribution in [2.45, 2.75) is 77.0 Å². The Morgan fingerprint density at radius 3 is 2.29 bits per heavy atom. The minimum atomic E-state index is -0.269. The average molecular weight is 578 g/mol. The second-order valence-corrected chi connectivity index (χ2v) is 11.7. The molecular weight excluding hydrogens is 530 g/mol. The van der Waals surface area contributed by atoms with E-state index in [0.29, 0.717) is 62.7 Å². The number of rotatable bonds is 14. The van der Waals surface area contributed by atoms with Crippen LogP contribution in [0.2, 0.25) is 0 Å². The lowest BCUT2D eigenvalue weighted by Gasteiger charge is -2.29. The van der Waals surface area contributed by atoms with Gasteiger partial charge in [0.05, 0.1) is 25.7 Å². The number of benzene rings is 2. The third-order valence-electron chi connectivity index (χ3n) is 8.81. The lowest BCUT2D eigenvalue weighted by atomic mass is 9.77. The second kappa shape index (κ2) is 16.4. The van der Waals surface area contributed by atoms with E-state index in [1.807, 2.05) is 36.4 Å². The van der Waals surface area contributed by atoms with Gasteiger partial charge < -0.3 is 30.6 Å². The fourth-order valence-corrected chi connectivity index (χ4v) is 6.35. The minimum absolute atomic E-state index is 0.0148. The Bertz CT molecular complexity index is 1150. The first-order chi connectivity index (χ1) is 20.5. The maximum absolute atomic E-state index is 13.0. The molecule has 0 saturated heterocycles. The molecule has 0 unspecified atom stereocenters. The van der Waals surface area contributed by atoms with E-state index in [1.54, 1.807) is 0 Å². The fourth-order valence-electron chi connectivity index (χ4n) is 6.35. The highest BCUT2D eigenvalue weighted by atomic mass is 16.5. The molecule has 2 fully saturated rings. The Balaban J connectivity index is 1.21. The monoisotopic (exact) mass is 577 g/mol. The van der Waals surface area contributed by atoms with E-state index < -0.39 is 0 Å². The smallest absolute Gasteiger partial charge is 0.314 e. The van der Waals surface area contributed by atoms with Crippen LogP contribution in [-0.2, 0) is 14.3 Å². The zero-order valence-electron chi connectivity index (χ0n) is 24.9. The molecule has 4 N–H and O–H groups in total. The van der Waals surface area contributed by atoms with Crippen molar-refractivity contribution in [3.8, 4) is 5.75 Å². The molecule has 8 nitrogen and oxygen atoms in total. The highest BCUT2D eigenvalue weighted by molar-refractivity contribution is 5.93. The van der Waals surface area contributed by atoms with Crippen molar-refractivity contribution < 1.29 is 24.2 Å². The maximum atomic E-state index is 13.0. The van der Waals surface area contributed by atoms with E-state index in [9.17, 15) is 9.59 Å². The summed E-state index contributed by atoms with van der Waals surface area (Å²) in [5.41, 5.74) is 3.56. The van der Waals surface area contributed by atoms with Crippen molar-refractivity contribution in [3.05, 3.63) is 53.6 Å². The van der Waals surface area contributed by atoms with Crippen molar-refractivity contribution >= 4 is 29.5 Å². The van der Waals surface area contributed by atoms with Crippen LogP contribution in [0.15, 0.2) is 42.5 Å². The van der Waals surface area contributed by atoms with Crippen LogP contribution in [-0.4, -0.2) is 49.6 Å². The first-order valence-corrected chi connectivity index (χ1v) is 15.7. The number of aliphatic hydroxyl groups excluding tert-OH is 1. The van der Waals surface area contributed by atoms with Gasteiger partial charge in [-0.1, -0.05) is 25.8 Å². The number of carbonyl (C=O) groups is 2. The Labute approximate surface area is 250 Å². The fraction of sp³-hybridized carbons (Fsp3) is 0.559. The van der Waals surface area contributed by atoms with Gasteiger partial charge >= 0.3 is 5.97 Å². The zero-order chi connectivity index (χ0) is 29.7. The van der Waals surface area contributed by atoms with Crippen LogP contribution in [0.4, 0.5) is 11.4 Å². The molecule has 8 heteroatoms. The first kappa shape index (κ1) is 31.7. The van der Waals surface area contributed by atoms with Gasteiger partial charge in [-0.15, -0.1) is 0 Å². The van der Waals surface area contributed by atoms with Gasteiger partial charge in [-0.05, 0) is 105 Å². The Morgan fingerprint density at radius 2 is 1.62 bits per heavy atom. The lowest BCUT2D eigenvalue weighted by molar-refractivity contribution is -0.141. The Kier molecular flexibility index (Phi) is 12.4. The summed E-state index contributed by atoms with van der Waals surface area (Å²) in [5, 5.41) is 22.9. The summed E-state index contributed by atoms with van der Waals surface area (Å²) in [6, 6.07) is 13.5. The van der Waals surface area contributed by atoms with Crippen LogP contribution in [0.3, 0.4) is 0 Å². The predicted molar refractivity (Wildman–Crippen MR) is 166 cm³/mol. The molecule has 0 aliphatic heterocycles. The standard InChI is InChI=1S/C34H47N3O5/c1-2-3-24-4-6-25(7-5-24)28-12-17-32(29(22-28)23-35)42-34(40)27-10-8-26(9-11-27)33(39)37-31-15-13-30(14-16-31)36-18-20-41-21-19-38/h12-17,22-27,35-36,38H,2-11,18-21H2,1H3,(H,37,39). The van der Waals surface area contributed by atoms with Crippen molar-refractivity contribution in [3.63, 3.8) is 0 Å². The predicted octanol–water partition coefficient (Wildman–Crippen LogP) is 6.53. The molecule has 0 atom stereocenters. The quantitative estimate of drug-likeness (QED) is 0.0877. The van der Waals surface area contributed by atoms with Gasteiger partial charge in [0, 0.05) is 35.6 Å². The largest absolute Gasteiger partial charge is 0.426 e. The van der Waals surface area contributed by atoms with Gasteiger partial charge in [-0.2, -0.15) is 0 Å². The third kappa shape index (κ3) is 9.13. The van der Waals surface area contributed by atoms with Crippen LogP contribution < -0.4 is 15.4 Å². The van der Waals surface area contributed by atoms with Crippen LogP contribution >= 0.6 is 0 Å². The molecule has 2 aromatic rings. The molecule has 2 saturated carbocycles. The van der Waals surface area contributed by atoms with Crippen molar-refractivity contribution in [1.29, 1.82) is 5.41 Å². The summed E-state index contributed by atoms with van der Waals surface area (Å²) < 4.78 is 11.0. The highest BCUT2D eigenvalue weighted by Crippen LogP contribution is 2.39. The number of ether oxygens (including phenoxy) is 2. The van der Waals surface area contributed by atoms with Gasteiger partial charge in [-0.3, -0.25) is 9.59 Å². The van der Waals surface area contributed by atoms with E-state index in [2.05, 4.69) is 23.6 Å². The lowest BCUT2D eigenvalue weighted by Crippen LogP contribution is -2.31. The number of esters is 1. The van der Waals surface area contributed by atoms with Crippen molar-refractivity contribution in [1.82, 2.24) is 0 Å².